The van der Waals surface area contributed by atoms with Gasteiger partial charge in [-0.05, 0) is 38.1 Å². The number of nitrogens with one attached hydrogen (secondary N) is 1. The van der Waals surface area contributed by atoms with E-state index in [4.69, 9.17) is 5.11 Å². The minimum atomic E-state index is -3.39. The van der Waals surface area contributed by atoms with Gasteiger partial charge in [-0.25, -0.2) is 12.7 Å². The van der Waals surface area contributed by atoms with Crippen LogP contribution in [0.15, 0.2) is 29.2 Å². The second-order valence-corrected chi connectivity index (χ2v) is 7.02. The highest BCUT2D eigenvalue weighted by molar-refractivity contribution is 7.89. The van der Waals surface area contributed by atoms with Crippen LogP contribution in [-0.2, 0) is 15.6 Å². The molecule has 0 aliphatic heterocycles. The van der Waals surface area contributed by atoms with Crippen LogP contribution in [0.4, 0.5) is 0 Å². The fraction of sp³-hybridized carbons (Fsp3) is 0.538. The lowest BCUT2D eigenvalue weighted by Crippen LogP contribution is -2.37. The molecule has 0 saturated carbocycles. The molecule has 1 aromatic carbocycles. The molecule has 0 heterocycles. The third kappa shape index (κ3) is 3.33. The van der Waals surface area contributed by atoms with Crippen LogP contribution in [0.25, 0.3) is 0 Å². The molecule has 1 aromatic rings. The lowest BCUT2D eigenvalue weighted by molar-refractivity contribution is 0.228. The summed E-state index contributed by atoms with van der Waals surface area (Å²) in [6.45, 7) is 2.04. The summed E-state index contributed by atoms with van der Waals surface area (Å²) < 4.78 is 25.1. The summed E-state index contributed by atoms with van der Waals surface area (Å²) in [4.78, 5) is 0.267. The molecule has 2 N–H and O–H groups in total. The van der Waals surface area contributed by atoms with Crippen molar-refractivity contribution in [3.8, 4) is 0 Å². The van der Waals surface area contributed by atoms with Crippen LogP contribution in [0, 0.1) is 0 Å². The van der Waals surface area contributed by atoms with E-state index in [0.717, 1.165) is 5.56 Å². The highest BCUT2D eigenvalue weighted by Gasteiger charge is 2.25. The van der Waals surface area contributed by atoms with Gasteiger partial charge in [-0.1, -0.05) is 12.1 Å². The first kappa shape index (κ1) is 16.1. The predicted molar refractivity (Wildman–Crippen MR) is 75.4 cm³/mol. The van der Waals surface area contributed by atoms with E-state index in [9.17, 15) is 8.42 Å². The first-order valence-corrected chi connectivity index (χ1v) is 7.55. The highest BCUT2D eigenvalue weighted by atomic mass is 32.2. The molecular weight excluding hydrogens is 264 g/mol. The van der Waals surface area contributed by atoms with E-state index in [2.05, 4.69) is 5.32 Å². The Hall–Kier alpha value is -0.950. The maximum Gasteiger partial charge on any atom is 0.242 e. The molecule has 1 unspecified atom stereocenters. The van der Waals surface area contributed by atoms with Crippen molar-refractivity contribution in [1.82, 2.24) is 9.62 Å². The zero-order valence-electron chi connectivity index (χ0n) is 11.8. The van der Waals surface area contributed by atoms with Crippen molar-refractivity contribution in [3.05, 3.63) is 29.8 Å². The van der Waals surface area contributed by atoms with E-state index < -0.39 is 10.0 Å². The summed E-state index contributed by atoms with van der Waals surface area (Å²) in [5, 5.41) is 12.3. The Morgan fingerprint density at radius 3 is 2.16 bits per heavy atom. The number of rotatable bonds is 6. The Kier molecular flexibility index (Phi) is 5.09. The van der Waals surface area contributed by atoms with Gasteiger partial charge in [-0.15, -0.1) is 0 Å². The fourth-order valence-corrected chi connectivity index (χ4v) is 2.74. The Balaban J connectivity index is 3.13. The molecule has 0 saturated heterocycles. The number of hydrogen-bond donors (Lipinski definition) is 2. The minimum Gasteiger partial charge on any atom is -0.396 e. The lowest BCUT2D eigenvalue weighted by atomic mass is 9.89. The normalized spacial score (nSPS) is 15.5. The maximum absolute atomic E-state index is 12.0. The largest absolute Gasteiger partial charge is 0.396 e. The van der Waals surface area contributed by atoms with Crippen molar-refractivity contribution in [3.63, 3.8) is 0 Å². The minimum absolute atomic E-state index is 0.0646. The fourth-order valence-electron chi connectivity index (χ4n) is 1.84. The van der Waals surface area contributed by atoms with Gasteiger partial charge >= 0.3 is 0 Å². The molecule has 6 heteroatoms. The van der Waals surface area contributed by atoms with Crippen molar-refractivity contribution in [2.75, 3.05) is 27.7 Å². The molecular formula is C13H22N2O3S. The number of sulfonamides is 1. The zero-order chi connectivity index (χ0) is 14.7. The second kappa shape index (κ2) is 6.00. The smallest absolute Gasteiger partial charge is 0.242 e. The molecule has 0 spiro atoms. The van der Waals surface area contributed by atoms with E-state index >= 15 is 0 Å². The SMILES string of the molecule is CNC(C)(CCO)c1ccc(S(=O)(=O)N(C)C)cc1. The van der Waals surface area contributed by atoms with Crippen LogP contribution in [-0.4, -0.2) is 45.6 Å². The first-order chi connectivity index (χ1) is 8.78. The third-order valence-electron chi connectivity index (χ3n) is 3.43. The van der Waals surface area contributed by atoms with Gasteiger partial charge in [0.25, 0.3) is 0 Å². The van der Waals surface area contributed by atoms with E-state index in [0.29, 0.717) is 6.42 Å². The molecule has 0 fully saturated rings. The van der Waals surface area contributed by atoms with E-state index in [1.165, 1.54) is 18.4 Å². The highest BCUT2D eigenvalue weighted by Crippen LogP contribution is 2.25. The lowest BCUT2D eigenvalue weighted by Gasteiger charge is -2.29. The maximum atomic E-state index is 12.0. The number of aliphatic hydroxyl groups excluding tert-OH is 1. The number of nitrogens with zero attached hydrogens (tertiary/aromatic N) is 1. The molecule has 0 bridgehead atoms. The van der Waals surface area contributed by atoms with Gasteiger partial charge in [-0.3, -0.25) is 0 Å². The van der Waals surface area contributed by atoms with Gasteiger partial charge in [0.05, 0.1) is 4.90 Å². The molecule has 0 aliphatic rings. The summed E-state index contributed by atoms with van der Waals surface area (Å²) >= 11 is 0. The van der Waals surface area contributed by atoms with Gasteiger partial charge < -0.3 is 10.4 Å². The van der Waals surface area contributed by atoms with Crippen molar-refractivity contribution >= 4 is 10.0 Å². The number of aliphatic hydroxyl groups is 1. The van der Waals surface area contributed by atoms with Crippen molar-refractivity contribution < 1.29 is 13.5 Å². The summed E-state index contributed by atoms with van der Waals surface area (Å²) in [6, 6.07) is 6.75. The van der Waals surface area contributed by atoms with Crippen LogP contribution < -0.4 is 5.32 Å². The number of benzene rings is 1. The van der Waals surface area contributed by atoms with Crippen LogP contribution in [0.5, 0.6) is 0 Å². The molecule has 108 valence electrons. The van der Waals surface area contributed by atoms with E-state index in [1.807, 2.05) is 14.0 Å². The van der Waals surface area contributed by atoms with E-state index in [-0.39, 0.29) is 17.0 Å². The Morgan fingerprint density at radius 2 is 1.79 bits per heavy atom. The standard InChI is InChI=1S/C13H22N2O3S/c1-13(14-2,9-10-16)11-5-7-12(8-6-11)19(17,18)15(3)4/h5-8,14,16H,9-10H2,1-4H3. The Morgan fingerprint density at radius 1 is 1.26 bits per heavy atom. The van der Waals surface area contributed by atoms with Gasteiger partial charge in [0.15, 0.2) is 0 Å². The van der Waals surface area contributed by atoms with Crippen molar-refractivity contribution in [2.45, 2.75) is 23.8 Å². The Bertz CT molecular complexity index is 511. The molecule has 0 aromatic heterocycles. The Labute approximate surface area is 115 Å². The molecule has 1 atom stereocenters. The van der Waals surface area contributed by atoms with Gasteiger partial charge in [0, 0.05) is 26.2 Å². The molecule has 0 aliphatic carbocycles. The van der Waals surface area contributed by atoms with Gasteiger partial charge in [0.1, 0.15) is 0 Å². The molecule has 1 rings (SSSR count). The first-order valence-electron chi connectivity index (χ1n) is 6.11. The predicted octanol–water partition coefficient (Wildman–Crippen LogP) is 0.754. The number of hydrogen-bond acceptors (Lipinski definition) is 4. The average molecular weight is 286 g/mol. The monoisotopic (exact) mass is 286 g/mol. The van der Waals surface area contributed by atoms with Crippen molar-refractivity contribution in [2.24, 2.45) is 0 Å². The summed E-state index contributed by atoms with van der Waals surface area (Å²) in [6.07, 6.45) is 0.559. The molecule has 0 amide bonds. The van der Waals surface area contributed by atoms with Gasteiger partial charge in [-0.2, -0.15) is 0 Å². The second-order valence-electron chi connectivity index (χ2n) is 4.87. The van der Waals surface area contributed by atoms with Crippen molar-refractivity contribution in [1.29, 1.82) is 0 Å². The van der Waals surface area contributed by atoms with E-state index in [1.54, 1.807) is 24.3 Å². The van der Waals surface area contributed by atoms with Crippen LogP contribution in [0.1, 0.15) is 18.9 Å². The van der Waals surface area contributed by atoms with Crippen LogP contribution in [0.3, 0.4) is 0 Å². The average Bonchev–Trinajstić information content (AvgIpc) is 2.39. The van der Waals surface area contributed by atoms with Gasteiger partial charge in [0.2, 0.25) is 10.0 Å². The molecule has 0 radical (unpaired) electrons. The molecule has 5 nitrogen and oxygen atoms in total. The molecule has 19 heavy (non-hydrogen) atoms. The zero-order valence-corrected chi connectivity index (χ0v) is 12.7. The van der Waals surface area contributed by atoms with Crippen LogP contribution >= 0.6 is 0 Å². The van der Waals surface area contributed by atoms with Crippen LogP contribution in [0.2, 0.25) is 0 Å². The third-order valence-corrected chi connectivity index (χ3v) is 5.26. The topological polar surface area (TPSA) is 69.6 Å². The quantitative estimate of drug-likeness (QED) is 0.810. The summed E-state index contributed by atoms with van der Waals surface area (Å²) in [7, 11) is 1.44. The summed E-state index contributed by atoms with van der Waals surface area (Å²) in [5.41, 5.74) is 0.580. The summed E-state index contributed by atoms with van der Waals surface area (Å²) in [5.74, 6) is 0.